The van der Waals surface area contributed by atoms with Gasteiger partial charge in [0.15, 0.2) is 0 Å². The van der Waals surface area contributed by atoms with E-state index in [4.69, 9.17) is 5.26 Å². The Morgan fingerprint density at radius 2 is 1.81 bits per heavy atom. The number of nitriles is 1. The highest BCUT2D eigenvalue weighted by atomic mass is 32.2. The summed E-state index contributed by atoms with van der Waals surface area (Å²) in [6.45, 7) is 0. The van der Waals surface area contributed by atoms with E-state index in [1.165, 1.54) is 35.4 Å². The molecular weight excluding hydrogens is 284 g/mol. The van der Waals surface area contributed by atoms with Crippen LogP contribution in [0.1, 0.15) is 23.1 Å². The summed E-state index contributed by atoms with van der Waals surface area (Å²) in [7, 11) is 0. The second kappa shape index (κ2) is 5.58. The molecule has 1 aliphatic rings. The van der Waals surface area contributed by atoms with Crippen molar-refractivity contribution in [2.24, 2.45) is 0 Å². The predicted octanol–water partition coefficient (Wildman–Crippen LogP) is 4.11. The number of nitro groups is 1. The number of hydrogen-bond donors (Lipinski definition) is 0. The highest BCUT2D eigenvalue weighted by Gasteiger charge is 2.15. The lowest BCUT2D eigenvalue weighted by Crippen LogP contribution is -1.92. The molecule has 1 aliphatic carbocycles. The molecule has 2 aromatic rings. The van der Waals surface area contributed by atoms with E-state index in [1.807, 2.05) is 6.07 Å². The van der Waals surface area contributed by atoms with E-state index in [9.17, 15) is 10.1 Å². The molecule has 0 fully saturated rings. The zero-order valence-electron chi connectivity index (χ0n) is 11.2. The summed E-state index contributed by atoms with van der Waals surface area (Å²) in [4.78, 5) is 12.2. The van der Waals surface area contributed by atoms with E-state index in [0.717, 1.165) is 22.6 Å². The van der Waals surface area contributed by atoms with Crippen molar-refractivity contribution >= 4 is 17.4 Å². The van der Waals surface area contributed by atoms with Crippen LogP contribution in [0.25, 0.3) is 0 Å². The van der Waals surface area contributed by atoms with Crippen molar-refractivity contribution in [1.29, 1.82) is 5.26 Å². The zero-order valence-corrected chi connectivity index (χ0v) is 12.0. The molecule has 104 valence electrons. The van der Waals surface area contributed by atoms with Crippen molar-refractivity contribution in [2.75, 3.05) is 0 Å². The third kappa shape index (κ3) is 2.76. The van der Waals surface area contributed by atoms with Gasteiger partial charge in [-0.25, -0.2) is 0 Å². The number of nitrogens with zero attached hydrogens (tertiary/aromatic N) is 2. The third-order valence-corrected chi connectivity index (χ3v) is 4.57. The lowest BCUT2D eigenvalue weighted by Gasteiger charge is -2.05. The molecule has 0 radical (unpaired) electrons. The number of nitro benzene ring substituents is 1. The SMILES string of the molecule is N#Cc1cc(Sc2ccc3c(c2)CCC3)ccc1[N+](=O)[O-]. The molecule has 3 rings (SSSR count). The summed E-state index contributed by atoms with van der Waals surface area (Å²) in [6, 6.07) is 13.0. The highest BCUT2D eigenvalue weighted by Crippen LogP contribution is 2.33. The molecule has 0 bridgehead atoms. The molecule has 0 saturated heterocycles. The largest absolute Gasteiger partial charge is 0.287 e. The van der Waals surface area contributed by atoms with Gasteiger partial charge in [-0.2, -0.15) is 5.26 Å². The van der Waals surface area contributed by atoms with Gasteiger partial charge in [-0.3, -0.25) is 10.1 Å². The van der Waals surface area contributed by atoms with E-state index in [2.05, 4.69) is 18.2 Å². The number of aryl methyl sites for hydroxylation is 2. The monoisotopic (exact) mass is 296 g/mol. The van der Waals surface area contributed by atoms with Crippen LogP contribution in [0.3, 0.4) is 0 Å². The average molecular weight is 296 g/mol. The van der Waals surface area contributed by atoms with Crippen LogP contribution < -0.4 is 0 Å². The molecule has 0 unspecified atom stereocenters. The first-order valence-corrected chi connectivity index (χ1v) is 7.47. The predicted molar refractivity (Wildman–Crippen MR) is 80.4 cm³/mol. The number of fused-ring (bicyclic) bond motifs is 1. The number of rotatable bonds is 3. The van der Waals surface area contributed by atoms with Gasteiger partial charge in [0.1, 0.15) is 11.6 Å². The zero-order chi connectivity index (χ0) is 14.8. The molecule has 0 amide bonds. The van der Waals surface area contributed by atoms with Gasteiger partial charge < -0.3 is 0 Å². The van der Waals surface area contributed by atoms with Crippen LogP contribution in [0.2, 0.25) is 0 Å². The van der Waals surface area contributed by atoms with Crippen molar-refractivity contribution < 1.29 is 4.92 Å². The van der Waals surface area contributed by atoms with Gasteiger partial charge in [-0.05, 0) is 54.7 Å². The van der Waals surface area contributed by atoms with E-state index < -0.39 is 4.92 Å². The van der Waals surface area contributed by atoms with E-state index in [1.54, 1.807) is 12.1 Å². The van der Waals surface area contributed by atoms with Gasteiger partial charge in [-0.1, -0.05) is 17.8 Å². The van der Waals surface area contributed by atoms with Crippen molar-refractivity contribution in [2.45, 2.75) is 29.1 Å². The minimum Gasteiger partial charge on any atom is -0.258 e. The Balaban J connectivity index is 1.88. The molecule has 4 nitrogen and oxygen atoms in total. The third-order valence-electron chi connectivity index (χ3n) is 3.59. The summed E-state index contributed by atoms with van der Waals surface area (Å²) >= 11 is 1.53. The molecule has 0 spiro atoms. The quantitative estimate of drug-likeness (QED) is 0.631. The topological polar surface area (TPSA) is 66.9 Å². The van der Waals surface area contributed by atoms with E-state index >= 15 is 0 Å². The fourth-order valence-corrected chi connectivity index (χ4v) is 3.50. The molecule has 0 aliphatic heterocycles. The summed E-state index contributed by atoms with van der Waals surface area (Å²) in [5, 5.41) is 19.8. The fourth-order valence-electron chi connectivity index (χ4n) is 2.58. The first-order valence-electron chi connectivity index (χ1n) is 6.65. The Hall–Kier alpha value is -2.32. The highest BCUT2D eigenvalue weighted by molar-refractivity contribution is 7.99. The van der Waals surface area contributed by atoms with Crippen LogP contribution >= 0.6 is 11.8 Å². The summed E-state index contributed by atoms with van der Waals surface area (Å²) in [6.07, 6.45) is 3.48. The molecule has 21 heavy (non-hydrogen) atoms. The minimum absolute atomic E-state index is 0.103. The van der Waals surface area contributed by atoms with Gasteiger partial charge in [0, 0.05) is 15.9 Å². The van der Waals surface area contributed by atoms with Crippen molar-refractivity contribution in [3.05, 3.63) is 63.2 Å². The van der Waals surface area contributed by atoms with Gasteiger partial charge in [0.2, 0.25) is 0 Å². The molecule has 5 heteroatoms. The molecule has 0 aromatic heterocycles. The van der Waals surface area contributed by atoms with Gasteiger partial charge in [0.05, 0.1) is 4.92 Å². The Bertz CT molecular complexity index is 765. The van der Waals surface area contributed by atoms with Crippen molar-refractivity contribution in [1.82, 2.24) is 0 Å². The Morgan fingerprint density at radius 3 is 2.57 bits per heavy atom. The molecule has 0 atom stereocenters. The Kier molecular flexibility index (Phi) is 3.63. The normalized spacial score (nSPS) is 12.7. The van der Waals surface area contributed by atoms with E-state index in [0.29, 0.717) is 0 Å². The molecule has 2 aromatic carbocycles. The van der Waals surface area contributed by atoms with Crippen molar-refractivity contribution in [3.8, 4) is 6.07 Å². The smallest absolute Gasteiger partial charge is 0.258 e. The standard InChI is InChI=1S/C16H12N2O2S/c17-10-13-9-15(6-7-16(13)18(19)20)21-14-5-4-11-2-1-3-12(11)8-14/h4-9H,1-3H2. The van der Waals surface area contributed by atoms with Crippen LogP contribution in [0.5, 0.6) is 0 Å². The maximum atomic E-state index is 10.8. The molecular formula is C16H12N2O2S. The molecule has 0 saturated carbocycles. The lowest BCUT2D eigenvalue weighted by molar-refractivity contribution is -0.385. The van der Waals surface area contributed by atoms with Gasteiger partial charge in [-0.15, -0.1) is 0 Å². The van der Waals surface area contributed by atoms with Crippen molar-refractivity contribution in [3.63, 3.8) is 0 Å². The number of hydrogen-bond acceptors (Lipinski definition) is 4. The van der Waals surface area contributed by atoms with Crippen LogP contribution in [0.4, 0.5) is 5.69 Å². The maximum absolute atomic E-state index is 10.8. The maximum Gasteiger partial charge on any atom is 0.287 e. The first-order chi connectivity index (χ1) is 10.2. The Labute approximate surface area is 126 Å². The van der Waals surface area contributed by atoms with Crippen LogP contribution in [-0.4, -0.2) is 4.92 Å². The summed E-state index contributed by atoms with van der Waals surface area (Å²) < 4.78 is 0. The summed E-state index contributed by atoms with van der Waals surface area (Å²) in [5.74, 6) is 0. The van der Waals surface area contributed by atoms with Gasteiger partial charge in [0.25, 0.3) is 5.69 Å². The first kappa shape index (κ1) is 13.7. The minimum atomic E-state index is -0.525. The summed E-state index contributed by atoms with van der Waals surface area (Å²) in [5.41, 5.74) is 2.77. The second-order valence-electron chi connectivity index (χ2n) is 4.93. The lowest BCUT2D eigenvalue weighted by atomic mass is 10.1. The molecule has 0 heterocycles. The average Bonchev–Trinajstić information content (AvgIpc) is 2.94. The Morgan fingerprint density at radius 1 is 1.10 bits per heavy atom. The van der Waals surface area contributed by atoms with Crippen LogP contribution in [0.15, 0.2) is 46.2 Å². The van der Waals surface area contributed by atoms with Crippen LogP contribution in [0, 0.1) is 21.4 Å². The van der Waals surface area contributed by atoms with E-state index in [-0.39, 0.29) is 11.3 Å². The fraction of sp³-hybridized carbons (Fsp3) is 0.188. The van der Waals surface area contributed by atoms with Gasteiger partial charge >= 0.3 is 0 Å². The van der Waals surface area contributed by atoms with Crippen LogP contribution in [-0.2, 0) is 12.8 Å². The molecule has 0 N–H and O–H groups in total. The number of benzene rings is 2. The second-order valence-corrected chi connectivity index (χ2v) is 6.08.